The van der Waals surface area contributed by atoms with Crippen molar-refractivity contribution in [1.82, 2.24) is 0 Å². The van der Waals surface area contributed by atoms with E-state index >= 15 is 0 Å². The minimum absolute atomic E-state index is 0. The molecule has 0 aliphatic heterocycles. The van der Waals surface area contributed by atoms with Crippen LogP contribution >= 0.6 is 7.82 Å². The molecule has 0 amide bonds. The van der Waals surface area contributed by atoms with Crippen molar-refractivity contribution in [2.75, 3.05) is 13.2 Å². The fourth-order valence-corrected chi connectivity index (χ4v) is 0.235. The van der Waals surface area contributed by atoms with Crippen LogP contribution < -0.4 is 0 Å². The zero-order chi connectivity index (χ0) is 10.0. The predicted octanol–water partition coefficient (Wildman–Crippen LogP) is -0.202. The van der Waals surface area contributed by atoms with E-state index in [0.717, 1.165) is 0 Å². The summed E-state index contributed by atoms with van der Waals surface area (Å²) in [7, 11) is -4.64. The van der Waals surface area contributed by atoms with Gasteiger partial charge in [0.25, 0.3) is 0 Å². The molecule has 0 radical (unpaired) electrons. The van der Waals surface area contributed by atoms with E-state index in [-0.39, 0.29) is 51.4 Å². The molecule has 13 heavy (non-hydrogen) atoms. The topological polar surface area (TPSA) is 87.0 Å². The zero-order valence-electron chi connectivity index (χ0n) is 6.59. The predicted molar refractivity (Wildman–Crippen MR) is 52.6 cm³/mol. The van der Waals surface area contributed by atoms with E-state index in [0.29, 0.717) is 13.2 Å². The molecule has 0 unspecified atom stereocenters. The minimum atomic E-state index is -4.64. The molecular formula is C6H14KO5P. The van der Waals surface area contributed by atoms with Gasteiger partial charge in [0.05, 0.1) is 13.2 Å². The molecule has 3 N–H and O–H groups in total. The Morgan fingerprint density at radius 1 is 1.15 bits per heavy atom. The summed E-state index contributed by atoms with van der Waals surface area (Å²) < 4.78 is 13.8. The molecule has 0 aromatic carbocycles. The van der Waals surface area contributed by atoms with Gasteiger partial charge in [0.15, 0.2) is 0 Å². The first-order chi connectivity index (χ1) is 5.41. The fourth-order valence-electron chi connectivity index (χ4n) is 0.235. The van der Waals surface area contributed by atoms with Crippen molar-refractivity contribution >= 4 is 59.2 Å². The molecule has 0 aromatic heterocycles. The number of hydrogen-bond donors (Lipinski definition) is 3. The molecule has 0 atom stereocenters. The van der Waals surface area contributed by atoms with Gasteiger partial charge in [-0.15, -0.1) is 13.2 Å². The van der Waals surface area contributed by atoms with Crippen LogP contribution in [-0.4, -0.2) is 79.3 Å². The fraction of sp³-hybridized carbons (Fsp3) is 0.333. The summed E-state index contributed by atoms with van der Waals surface area (Å²) in [4.78, 5) is 21.6. The van der Waals surface area contributed by atoms with E-state index < -0.39 is 7.82 Å². The Balaban J connectivity index is -0.000000150. The second kappa shape index (κ2) is 13.2. The molecule has 0 fully saturated rings. The number of ether oxygens (including phenoxy) is 1. The van der Waals surface area contributed by atoms with Gasteiger partial charge in [0, 0.05) is 0 Å². The van der Waals surface area contributed by atoms with Crippen molar-refractivity contribution in [2.24, 2.45) is 0 Å². The van der Waals surface area contributed by atoms with Crippen LogP contribution in [0.5, 0.6) is 0 Å². The average molecular weight is 236 g/mol. The van der Waals surface area contributed by atoms with Crippen molar-refractivity contribution in [1.29, 1.82) is 0 Å². The molecule has 0 aliphatic carbocycles. The summed E-state index contributed by atoms with van der Waals surface area (Å²) in [5.41, 5.74) is 0. The molecule has 0 rings (SSSR count). The monoisotopic (exact) mass is 236 g/mol. The third kappa shape index (κ3) is 61.3. The summed E-state index contributed by atoms with van der Waals surface area (Å²) in [6.07, 6.45) is 3.42. The molecule has 0 heterocycles. The molecule has 74 valence electrons. The first kappa shape index (κ1) is 19.7. The van der Waals surface area contributed by atoms with E-state index in [4.69, 9.17) is 24.0 Å². The summed E-state index contributed by atoms with van der Waals surface area (Å²) in [6.45, 7) is 8.18. The molecule has 0 aromatic rings. The van der Waals surface area contributed by atoms with Gasteiger partial charge in [0.1, 0.15) is 0 Å². The molecule has 0 bridgehead atoms. The Labute approximate surface area is 120 Å². The van der Waals surface area contributed by atoms with Gasteiger partial charge in [-0.2, -0.15) is 0 Å². The van der Waals surface area contributed by atoms with Crippen molar-refractivity contribution in [3.8, 4) is 0 Å². The third-order valence-corrected chi connectivity index (χ3v) is 0.471. The number of hydrogen-bond acceptors (Lipinski definition) is 2. The van der Waals surface area contributed by atoms with Crippen LogP contribution in [0.2, 0.25) is 0 Å². The van der Waals surface area contributed by atoms with Crippen LogP contribution in [0.3, 0.4) is 0 Å². The van der Waals surface area contributed by atoms with E-state index in [1.54, 1.807) is 12.2 Å². The maximum absolute atomic E-state index is 8.88. The zero-order valence-corrected chi connectivity index (χ0v) is 7.48. The van der Waals surface area contributed by atoms with E-state index in [2.05, 4.69) is 13.2 Å². The molecule has 0 spiro atoms. The Morgan fingerprint density at radius 3 is 1.54 bits per heavy atom. The second-order valence-corrected chi connectivity index (χ2v) is 2.65. The van der Waals surface area contributed by atoms with Gasteiger partial charge in [-0.05, 0) is 0 Å². The number of rotatable bonds is 4. The molecular weight excluding hydrogens is 222 g/mol. The molecule has 5 nitrogen and oxygen atoms in total. The average Bonchev–Trinajstić information content (AvgIpc) is 1.85. The van der Waals surface area contributed by atoms with E-state index in [9.17, 15) is 0 Å². The van der Waals surface area contributed by atoms with Crippen LogP contribution in [0.15, 0.2) is 25.3 Å². The summed E-state index contributed by atoms with van der Waals surface area (Å²) in [6, 6.07) is 0. The van der Waals surface area contributed by atoms with Gasteiger partial charge in [-0.3, -0.25) is 0 Å². The third-order valence-electron chi connectivity index (χ3n) is 0.471. The van der Waals surface area contributed by atoms with Crippen LogP contribution in [0, 0.1) is 0 Å². The van der Waals surface area contributed by atoms with Crippen LogP contribution in [0.4, 0.5) is 0 Å². The van der Waals surface area contributed by atoms with Crippen LogP contribution in [0.25, 0.3) is 0 Å². The van der Waals surface area contributed by atoms with Crippen molar-refractivity contribution in [2.45, 2.75) is 0 Å². The Hall–Kier alpha value is 1.19. The Morgan fingerprint density at radius 2 is 1.38 bits per heavy atom. The summed E-state index contributed by atoms with van der Waals surface area (Å²) >= 11 is 0. The van der Waals surface area contributed by atoms with Crippen molar-refractivity contribution in [3.63, 3.8) is 0 Å². The van der Waals surface area contributed by atoms with Crippen molar-refractivity contribution in [3.05, 3.63) is 25.3 Å². The van der Waals surface area contributed by atoms with Crippen LogP contribution in [-0.2, 0) is 9.30 Å². The Kier molecular flexibility index (Phi) is 20.0. The van der Waals surface area contributed by atoms with Gasteiger partial charge in [0.2, 0.25) is 0 Å². The summed E-state index contributed by atoms with van der Waals surface area (Å²) in [5.74, 6) is 0. The summed E-state index contributed by atoms with van der Waals surface area (Å²) in [5, 5.41) is 0. The normalized spacial score (nSPS) is 8.85. The van der Waals surface area contributed by atoms with Gasteiger partial charge in [-0.25, -0.2) is 4.57 Å². The van der Waals surface area contributed by atoms with Crippen LogP contribution in [0.1, 0.15) is 0 Å². The SMILES string of the molecule is C=CCOCC=C.O=P(O)(O)O.[KH]. The van der Waals surface area contributed by atoms with Gasteiger partial charge in [-0.1, -0.05) is 12.2 Å². The van der Waals surface area contributed by atoms with Gasteiger partial charge < -0.3 is 19.4 Å². The maximum atomic E-state index is 8.88. The number of phosphoric acid groups is 1. The first-order valence-electron chi connectivity index (χ1n) is 2.99. The van der Waals surface area contributed by atoms with E-state index in [1.807, 2.05) is 0 Å². The van der Waals surface area contributed by atoms with E-state index in [1.165, 1.54) is 0 Å². The second-order valence-electron chi connectivity index (χ2n) is 1.63. The molecule has 0 saturated carbocycles. The molecule has 0 saturated heterocycles. The standard InChI is InChI=1S/C6H10O.K.H3O4P.H/c1-3-5-7-6-4-2;;1-5(2,3)4;/h3-4H,1-2,5-6H2;;(H3,1,2,3,4);. The first-order valence-corrected chi connectivity index (χ1v) is 4.56. The molecule has 7 heteroatoms. The Bertz CT molecular complexity index is 150. The molecule has 0 aliphatic rings. The quantitative estimate of drug-likeness (QED) is 0.272. The van der Waals surface area contributed by atoms with Crippen molar-refractivity contribution < 1.29 is 24.0 Å². The van der Waals surface area contributed by atoms with Gasteiger partial charge >= 0.3 is 59.2 Å².